The summed E-state index contributed by atoms with van der Waals surface area (Å²) in [5.41, 5.74) is 2.57. The number of amides is 3. The van der Waals surface area contributed by atoms with Crippen molar-refractivity contribution in [2.75, 3.05) is 36.8 Å². The van der Waals surface area contributed by atoms with Gasteiger partial charge in [-0.1, -0.05) is 0 Å². The summed E-state index contributed by atoms with van der Waals surface area (Å²) in [5, 5.41) is 8.75. The van der Waals surface area contributed by atoms with Gasteiger partial charge in [-0.25, -0.2) is 14.2 Å². The van der Waals surface area contributed by atoms with E-state index in [1.807, 2.05) is 32.1 Å². The molecule has 8 nitrogen and oxygen atoms in total. The van der Waals surface area contributed by atoms with Crippen molar-refractivity contribution >= 4 is 34.6 Å². The Labute approximate surface area is 190 Å². The van der Waals surface area contributed by atoms with Crippen LogP contribution in [0.3, 0.4) is 0 Å². The number of halogens is 1. The molecule has 3 N–H and O–H groups in total. The van der Waals surface area contributed by atoms with E-state index < -0.39 is 11.4 Å². The number of ether oxygens (including phenoxy) is 1. The van der Waals surface area contributed by atoms with Crippen LogP contribution in [-0.4, -0.2) is 53.6 Å². The van der Waals surface area contributed by atoms with Gasteiger partial charge in [0.1, 0.15) is 23.0 Å². The number of hydrogen-bond acceptors (Lipinski definition) is 5. The molecule has 0 unspecified atom stereocenters. The number of anilines is 2. The van der Waals surface area contributed by atoms with Gasteiger partial charge in [-0.15, -0.1) is 0 Å². The van der Waals surface area contributed by atoms with Gasteiger partial charge in [0.05, 0.1) is 11.3 Å². The van der Waals surface area contributed by atoms with Crippen LogP contribution in [0.1, 0.15) is 25.0 Å². The number of allylic oxidation sites excluding steroid dienone is 1. The lowest BCUT2D eigenvalue weighted by molar-refractivity contribution is -0.111. The summed E-state index contributed by atoms with van der Waals surface area (Å²) in [7, 11) is 0. The first kappa shape index (κ1) is 21.0. The zero-order valence-electron chi connectivity index (χ0n) is 18.4. The Morgan fingerprint density at radius 2 is 2.09 bits per heavy atom. The number of carbonyl (C=O) groups is 2. The highest BCUT2D eigenvalue weighted by Crippen LogP contribution is 2.44. The average molecular weight is 449 g/mol. The molecular formula is C24H24FN5O3. The fourth-order valence-corrected chi connectivity index (χ4v) is 4.35. The second-order valence-electron chi connectivity index (χ2n) is 8.63. The molecule has 0 radical (unpaired) electrons. The van der Waals surface area contributed by atoms with Gasteiger partial charge in [-0.2, -0.15) is 0 Å². The van der Waals surface area contributed by atoms with Gasteiger partial charge >= 0.3 is 6.03 Å². The summed E-state index contributed by atoms with van der Waals surface area (Å²) in [5.74, 6) is 0.405. The molecule has 5 rings (SSSR count). The summed E-state index contributed by atoms with van der Waals surface area (Å²) in [4.78, 5) is 30.4. The van der Waals surface area contributed by atoms with E-state index >= 15 is 0 Å². The van der Waals surface area contributed by atoms with Gasteiger partial charge in [0.15, 0.2) is 0 Å². The van der Waals surface area contributed by atoms with E-state index in [0.29, 0.717) is 54.6 Å². The molecule has 0 bridgehead atoms. The number of benzene rings is 1. The predicted molar refractivity (Wildman–Crippen MR) is 123 cm³/mol. The lowest BCUT2D eigenvalue weighted by atomic mass is 9.92. The first-order chi connectivity index (χ1) is 15.8. The summed E-state index contributed by atoms with van der Waals surface area (Å²) in [6.07, 6.45) is 3.57. The van der Waals surface area contributed by atoms with Crippen molar-refractivity contribution in [2.24, 2.45) is 0 Å². The van der Waals surface area contributed by atoms with E-state index in [2.05, 4.69) is 20.9 Å². The first-order valence-corrected chi connectivity index (χ1v) is 10.8. The molecule has 33 heavy (non-hydrogen) atoms. The molecule has 1 saturated heterocycles. The van der Waals surface area contributed by atoms with Gasteiger partial charge in [-0.3, -0.25) is 4.79 Å². The monoisotopic (exact) mass is 449 g/mol. The molecule has 0 spiro atoms. The van der Waals surface area contributed by atoms with Gasteiger partial charge in [0.25, 0.3) is 5.91 Å². The summed E-state index contributed by atoms with van der Waals surface area (Å²) in [6.45, 7) is 6.40. The molecule has 0 saturated carbocycles. The van der Waals surface area contributed by atoms with Gasteiger partial charge in [0.2, 0.25) is 0 Å². The van der Waals surface area contributed by atoms with Crippen LogP contribution in [0.5, 0.6) is 0 Å². The normalized spacial score (nSPS) is 20.8. The number of hydrogen-bond donors (Lipinski definition) is 3. The average Bonchev–Trinajstić information content (AvgIpc) is 3.41. The van der Waals surface area contributed by atoms with Gasteiger partial charge < -0.3 is 25.6 Å². The quantitative estimate of drug-likeness (QED) is 0.610. The molecule has 9 heteroatoms. The van der Waals surface area contributed by atoms with Crippen molar-refractivity contribution < 1.29 is 18.7 Å². The highest BCUT2D eigenvalue weighted by Gasteiger charge is 2.38. The number of aromatic nitrogens is 1. The third-order valence-electron chi connectivity index (χ3n) is 5.97. The maximum atomic E-state index is 13.6. The zero-order valence-corrected chi connectivity index (χ0v) is 18.4. The van der Waals surface area contributed by atoms with E-state index in [1.165, 1.54) is 12.1 Å². The van der Waals surface area contributed by atoms with Crippen LogP contribution in [0.4, 0.5) is 20.7 Å². The van der Waals surface area contributed by atoms with Crippen LogP contribution in [-0.2, 0) is 9.53 Å². The van der Waals surface area contributed by atoms with Gasteiger partial charge in [0, 0.05) is 43.5 Å². The van der Waals surface area contributed by atoms with Crippen molar-refractivity contribution in [3.8, 4) is 0 Å². The molecule has 3 aliphatic rings. The standard InChI is InChI=1S/C24H24FN5O3/c1-24(2)17(13-19(33-24)21-16-4-3-15(25)12-18(16)29-22(21)31)14-5-6-26-20(11-14)27-7-9-30-10-8-28-23(30)32/h3-6,11-13H,7-10H2,1-2H3,(H,26,27)(H,28,32)(H,29,31). The fourth-order valence-electron chi connectivity index (χ4n) is 4.35. The number of rotatable bonds is 5. The number of pyridine rings is 1. The van der Waals surface area contributed by atoms with Gasteiger partial charge in [-0.05, 0) is 55.8 Å². The number of carbonyl (C=O) groups excluding carboxylic acids is 2. The smallest absolute Gasteiger partial charge is 0.317 e. The van der Waals surface area contributed by atoms with E-state index in [-0.39, 0.29) is 11.9 Å². The van der Waals surface area contributed by atoms with Crippen molar-refractivity contribution in [3.05, 3.63) is 65.3 Å². The molecule has 0 aliphatic carbocycles. The molecule has 3 aliphatic heterocycles. The maximum absolute atomic E-state index is 13.6. The van der Waals surface area contributed by atoms with E-state index in [9.17, 15) is 14.0 Å². The first-order valence-electron chi connectivity index (χ1n) is 10.8. The molecule has 4 heterocycles. The van der Waals surface area contributed by atoms with Crippen LogP contribution < -0.4 is 16.0 Å². The Kier molecular flexibility index (Phi) is 5.03. The SMILES string of the molecule is CC1(C)OC(=C2C(=O)Nc3cc(F)ccc32)C=C1c1ccnc(NCCN2CCNC2=O)c1. The van der Waals surface area contributed by atoms with Crippen LogP contribution in [0.2, 0.25) is 0 Å². The largest absolute Gasteiger partial charge is 0.482 e. The van der Waals surface area contributed by atoms with E-state index in [4.69, 9.17) is 4.74 Å². The lowest BCUT2D eigenvalue weighted by Crippen LogP contribution is -2.32. The maximum Gasteiger partial charge on any atom is 0.317 e. The van der Waals surface area contributed by atoms with E-state index in [1.54, 1.807) is 17.2 Å². The second kappa shape index (κ2) is 7.91. The predicted octanol–water partition coefficient (Wildman–Crippen LogP) is 3.21. The van der Waals surface area contributed by atoms with Crippen molar-refractivity contribution in [2.45, 2.75) is 19.4 Å². The molecule has 2 aromatic rings. The Balaban J connectivity index is 1.41. The molecular weight excluding hydrogens is 425 g/mol. The van der Waals surface area contributed by atoms with Crippen LogP contribution in [0, 0.1) is 5.82 Å². The minimum Gasteiger partial charge on any atom is -0.482 e. The zero-order chi connectivity index (χ0) is 23.2. The number of fused-ring (bicyclic) bond motifs is 1. The minimum atomic E-state index is -0.683. The minimum absolute atomic E-state index is 0.0469. The topological polar surface area (TPSA) is 95.6 Å². The lowest BCUT2D eigenvalue weighted by Gasteiger charge is -2.23. The molecule has 1 aromatic carbocycles. The van der Waals surface area contributed by atoms with Crippen LogP contribution >= 0.6 is 0 Å². The Hall–Kier alpha value is -3.88. The number of urea groups is 1. The van der Waals surface area contributed by atoms with E-state index in [0.717, 1.165) is 11.1 Å². The fraction of sp³-hybridized carbons (Fsp3) is 0.292. The third-order valence-corrected chi connectivity index (χ3v) is 5.97. The molecule has 3 amide bonds. The highest BCUT2D eigenvalue weighted by molar-refractivity contribution is 6.32. The Bertz CT molecular complexity index is 1220. The van der Waals surface area contributed by atoms with Crippen molar-refractivity contribution in [3.63, 3.8) is 0 Å². The Morgan fingerprint density at radius 3 is 2.88 bits per heavy atom. The molecule has 1 fully saturated rings. The summed E-state index contributed by atoms with van der Waals surface area (Å²) >= 11 is 0. The Morgan fingerprint density at radius 1 is 1.24 bits per heavy atom. The number of nitrogens with one attached hydrogen (secondary N) is 3. The number of nitrogens with zero attached hydrogens (tertiary/aromatic N) is 2. The molecule has 1 aromatic heterocycles. The third kappa shape index (κ3) is 3.90. The summed E-state index contributed by atoms with van der Waals surface area (Å²) < 4.78 is 19.8. The second-order valence-corrected chi connectivity index (χ2v) is 8.63. The summed E-state index contributed by atoms with van der Waals surface area (Å²) in [6, 6.07) is 7.99. The molecule has 170 valence electrons. The highest BCUT2D eigenvalue weighted by atomic mass is 19.1. The van der Waals surface area contributed by atoms with Crippen LogP contribution in [0.15, 0.2) is 48.4 Å². The molecule has 0 atom stereocenters. The van der Waals surface area contributed by atoms with Crippen LogP contribution in [0.25, 0.3) is 11.1 Å². The van der Waals surface area contributed by atoms with Crippen molar-refractivity contribution in [1.29, 1.82) is 0 Å². The van der Waals surface area contributed by atoms with Crippen molar-refractivity contribution in [1.82, 2.24) is 15.2 Å².